The predicted molar refractivity (Wildman–Crippen MR) is 125 cm³/mol. The number of rotatable bonds is 7. The van der Waals surface area contributed by atoms with Gasteiger partial charge in [-0.25, -0.2) is 0 Å². The second-order valence-corrected chi connectivity index (χ2v) is 7.65. The molecule has 0 saturated heterocycles. The third kappa shape index (κ3) is 4.13. The topological polar surface area (TPSA) is 61.2 Å². The summed E-state index contributed by atoms with van der Waals surface area (Å²) in [5.74, 6) is 2.17. The fourth-order valence-electron chi connectivity index (χ4n) is 3.43. The van der Waals surface area contributed by atoms with E-state index < -0.39 is 0 Å². The number of halogens is 2. The first kappa shape index (κ1) is 21.3. The van der Waals surface area contributed by atoms with Gasteiger partial charge in [0.25, 0.3) is 0 Å². The molecule has 0 bridgehead atoms. The van der Waals surface area contributed by atoms with E-state index in [0.29, 0.717) is 35.0 Å². The SMILES string of the molecule is CCOc1ccc(-n2c(Cl)c3c(C)nnc(NCc4ccc(OC)cc4)c3c2Cl)cc1. The number of aromatic nitrogens is 3. The zero-order valence-electron chi connectivity index (χ0n) is 17.4. The molecule has 8 heteroatoms. The standard InChI is InChI=1S/C23H22Cl2N4O2/c1-4-31-18-11-7-16(8-12-18)29-21(24)19-14(2)27-28-23(20(19)22(29)25)26-13-15-5-9-17(30-3)10-6-15/h5-12H,4,13H2,1-3H3,(H,26,28). The third-order valence-electron chi connectivity index (χ3n) is 4.98. The number of nitrogens with one attached hydrogen (secondary N) is 1. The van der Waals surface area contributed by atoms with Crippen LogP contribution < -0.4 is 14.8 Å². The van der Waals surface area contributed by atoms with E-state index in [4.69, 9.17) is 32.7 Å². The molecule has 0 aliphatic rings. The Balaban J connectivity index is 1.72. The number of anilines is 1. The van der Waals surface area contributed by atoms with Gasteiger partial charge in [0, 0.05) is 17.6 Å². The number of methoxy groups -OCH3 is 1. The van der Waals surface area contributed by atoms with Crippen LogP contribution in [0.5, 0.6) is 11.5 Å². The largest absolute Gasteiger partial charge is 0.497 e. The maximum atomic E-state index is 6.82. The summed E-state index contributed by atoms with van der Waals surface area (Å²) in [5, 5.41) is 14.4. The minimum absolute atomic E-state index is 0.472. The van der Waals surface area contributed by atoms with Crippen LogP contribution in [0.3, 0.4) is 0 Å². The number of nitrogens with zero attached hydrogens (tertiary/aromatic N) is 3. The molecule has 2 heterocycles. The van der Waals surface area contributed by atoms with Gasteiger partial charge in [-0.3, -0.25) is 4.57 Å². The fourth-order valence-corrected chi connectivity index (χ4v) is 4.25. The molecule has 0 radical (unpaired) electrons. The molecule has 0 spiro atoms. The van der Waals surface area contributed by atoms with Crippen LogP contribution in [0, 0.1) is 6.92 Å². The summed E-state index contributed by atoms with van der Waals surface area (Å²) in [5.41, 5.74) is 2.61. The Hall–Kier alpha value is -2.96. The van der Waals surface area contributed by atoms with E-state index in [2.05, 4.69) is 15.5 Å². The van der Waals surface area contributed by atoms with Gasteiger partial charge in [-0.1, -0.05) is 35.3 Å². The van der Waals surface area contributed by atoms with E-state index in [1.165, 1.54) is 0 Å². The molecule has 4 rings (SSSR count). The van der Waals surface area contributed by atoms with Crippen LogP contribution in [0.25, 0.3) is 16.5 Å². The van der Waals surface area contributed by atoms with Crippen LogP contribution in [-0.2, 0) is 6.54 Å². The summed E-state index contributed by atoms with van der Waals surface area (Å²) in [6, 6.07) is 15.4. The van der Waals surface area contributed by atoms with E-state index in [0.717, 1.165) is 33.5 Å². The molecular weight excluding hydrogens is 435 g/mol. The van der Waals surface area contributed by atoms with Gasteiger partial charge in [0.1, 0.15) is 21.8 Å². The van der Waals surface area contributed by atoms with Gasteiger partial charge in [-0.2, -0.15) is 5.10 Å². The number of hydrogen-bond acceptors (Lipinski definition) is 5. The lowest BCUT2D eigenvalue weighted by atomic mass is 10.2. The molecule has 6 nitrogen and oxygen atoms in total. The van der Waals surface area contributed by atoms with Crippen LogP contribution >= 0.6 is 23.2 Å². The average molecular weight is 457 g/mol. The van der Waals surface area contributed by atoms with E-state index >= 15 is 0 Å². The highest BCUT2D eigenvalue weighted by atomic mass is 35.5. The Morgan fingerprint density at radius 3 is 2.19 bits per heavy atom. The quantitative estimate of drug-likeness (QED) is 0.366. The first-order valence-electron chi connectivity index (χ1n) is 9.86. The molecule has 0 amide bonds. The van der Waals surface area contributed by atoms with E-state index in [1.54, 1.807) is 11.7 Å². The summed E-state index contributed by atoms with van der Waals surface area (Å²) in [6.07, 6.45) is 0. The maximum absolute atomic E-state index is 6.82. The predicted octanol–water partition coefficient (Wildman–Crippen LogP) is 6.06. The lowest BCUT2D eigenvalue weighted by Gasteiger charge is -2.09. The van der Waals surface area contributed by atoms with Crippen molar-refractivity contribution in [3.63, 3.8) is 0 Å². The summed E-state index contributed by atoms with van der Waals surface area (Å²) in [4.78, 5) is 0. The Bertz CT molecular complexity index is 1210. The lowest BCUT2D eigenvalue weighted by molar-refractivity contribution is 0.340. The van der Waals surface area contributed by atoms with E-state index in [-0.39, 0.29) is 0 Å². The van der Waals surface area contributed by atoms with E-state index in [1.807, 2.05) is 62.4 Å². The van der Waals surface area contributed by atoms with Crippen molar-refractivity contribution in [3.05, 3.63) is 70.1 Å². The van der Waals surface area contributed by atoms with Crippen molar-refractivity contribution in [2.45, 2.75) is 20.4 Å². The maximum Gasteiger partial charge on any atom is 0.160 e. The third-order valence-corrected chi connectivity index (χ3v) is 5.69. The van der Waals surface area contributed by atoms with Crippen molar-refractivity contribution in [3.8, 4) is 17.2 Å². The number of aryl methyl sites for hydroxylation is 1. The van der Waals surface area contributed by atoms with Crippen molar-refractivity contribution in [2.24, 2.45) is 0 Å². The smallest absolute Gasteiger partial charge is 0.160 e. The monoisotopic (exact) mass is 456 g/mol. The normalized spacial score (nSPS) is 11.0. The molecule has 4 aromatic rings. The molecule has 0 atom stereocenters. The number of benzene rings is 2. The molecule has 0 fully saturated rings. The lowest BCUT2D eigenvalue weighted by Crippen LogP contribution is -2.04. The second-order valence-electron chi connectivity index (χ2n) is 6.93. The molecular formula is C23H22Cl2N4O2. The van der Waals surface area contributed by atoms with Gasteiger partial charge in [0.2, 0.25) is 0 Å². The summed E-state index contributed by atoms with van der Waals surface area (Å²) < 4.78 is 12.5. The molecule has 0 aliphatic carbocycles. The molecule has 0 saturated carbocycles. The molecule has 160 valence electrons. The first-order valence-corrected chi connectivity index (χ1v) is 10.6. The zero-order chi connectivity index (χ0) is 22.0. The van der Waals surface area contributed by atoms with Gasteiger partial charge < -0.3 is 14.8 Å². The van der Waals surface area contributed by atoms with Crippen LogP contribution in [0.1, 0.15) is 18.2 Å². The van der Waals surface area contributed by atoms with Crippen molar-refractivity contribution in [1.82, 2.24) is 14.8 Å². The van der Waals surface area contributed by atoms with Crippen LogP contribution in [-0.4, -0.2) is 28.5 Å². The number of ether oxygens (including phenoxy) is 2. The first-order chi connectivity index (χ1) is 15.0. The minimum Gasteiger partial charge on any atom is -0.497 e. The average Bonchev–Trinajstić information content (AvgIpc) is 3.06. The Morgan fingerprint density at radius 1 is 0.903 bits per heavy atom. The number of fused-ring (bicyclic) bond motifs is 1. The Morgan fingerprint density at radius 2 is 1.55 bits per heavy atom. The molecule has 2 aromatic carbocycles. The summed E-state index contributed by atoms with van der Waals surface area (Å²) >= 11 is 13.6. The summed E-state index contributed by atoms with van der Waals surface area (Å²) in [7, 11) is 1.65. The van der Waals surface area contributed by atoms with Crippen LogP contribution in [0.4, 0.5) is 5.82 Å². The number of hydrogen-bond donors (Lipinski definition) is 1. The van der Waals surface area contributed by atoms with Gasteiger partial charge in [-0.05, 0) is 55.8 Å². The van der Waals surface area contributed by atoms with Gasteiger partial charge >= 0.3 is 0 Å². The molecule has 2 aromatic heterocycles. The van der Waals surface area contributed by atoms with Crippen LogP contribution in [0.2, 0.25) is 10.3 Å². The van der Waals surface area contributed by atoms with Gasteiger partial charge in [0.15, 0.2) is 5.82 Å². The van der Waals surface area contributed by atoms with E-state index in [9.17, 15) is 0 Å². The fraction of sp³-hybridized carbons (Fsp3) is 0.217. The Kier molecular flexibility index (Phi) is 6.20. The summed E-state index contributed by atoms with van der Waals surface area (Å²) in [6.45, 7) is 4.98. The highest BCUT2D eigenvalue weighted by molar-refractivity contribution is 6.42. The van der Waals surface area contributed by atoms with Crippen molar-refractivity contribution in [1.29, 1.82) is 0 Å². The van der Waals surface area contributed by atoms with Crippen molar-refractivity contribution >= 4 is 39.8 Å². The highest BCUT2D eigenvalue weighted by Gasteiger charge is 2.22. The van der Waals surface area contributed by atoms with Crippen molar-refractivity contribution in [2.75, 3.05) is 19.0 Å². The Labute approximate surface area is 190 Å². The van der Waals surface area contributed by atoms with Gasteiger partial charge in [0.05, 0.1) is 24.8 Å². The van der Waals surface area contributed by atoms with Crippen LogP contribution in [0.15, 0.2) is 48.5 Å². The molecule has 0 unspecified atom stereocenters. The zero-order valence-corrected chi connectivity index (χ0v) is 19.0. The molecule has 1 N–H and O–H groups in total. The minimum atomic E-state index is 0.472. The second kappa shape index (κ2) is 9.04. The molecule has 31 heavy (non-hydrogen) atoms. The highest BCUT2D eigenvalue weighted by Crippen LogP contribution is 2.40. The molecule has 0 aliphatic heterocycles. The van der Waals surface area contributed by atoms with Crippen molar-refractivity contribution < 1.29 is 9.47 Å². The van der Waals surface area contributed by atoms with Gasteiger partial charge in [-0.15, -0.1) is 5.10 Å².